The van der Waals surface area contributed by atoms with Gasteiger partial charge in [0.2, 0.25) is 5.91 Å². The zero-order chi connectivity index (χ0) is 16.4. The van der Waals surface area contributed by atoms with Gasteiger partial charge in [-0.05, 0) is 37.7 Å². The molecule has 2 aromatic rings. The van der Waals surface area contributed by atoms with E-state index in [1.165, 1.54) is 43.4 Å². The Bertz CT molecular complexity index is 696. The normalized spacial score (nSPS) is 21.5. The van der Waals surface area contributed by atoms with E-state index in [0.29, 0.717) is 18.3 Å². The van der Waals surface area contributed by atoms with E-state index in [1.807, 2.05) is 5.38 Å². The van der Waals surface area contributed by atoms with Crippen LogP contribution in [0.25, 0.3) is 10.8 Å². The summed E-state index contributed by atoms with van der Waals surface area (Å²) in [5, 5.41) is 2.75. The minimum absolute atomic E-state index is 0.232. The SMILES string of the molecule is O=C(Cc1csc(-c2ncccn2)n1)N1CCCC1C1CCCC1. The van der Waals surface area contributed by atoms with Gasteiger partial charge in [-0.15, -0.1) is 11.3 Å². The van der Waals surface area contributed by atoms with Crippen molar-refractivity contribution in [1.29, 1.82) is 0 Å². The Morgan fingerprint density at radius 1 is 1.17 bits per heavy atom. The molecule has 1 aliphatic carbocycles. The summed E-state index contributed by atoms with van der Waals surface area (Å²) >= 11 is 1.51. The molecule has 1 unspecified atom stereocenters. The molecule has 6 heteroatoms. The molecule has 126 valence electrons. The fourth-order valence-electron chi connectivity index (χ4n) is 4.09. The molecule has 24 heavy (non-hydrogen) atoms. The van der Waals surface area contributed by atoms with E-state index < -0.39 is 0 Å². The van der Waals surface area contributed by atoms with Crippen LogP contribution in [0.15, 0.2) is 23.8 Å². The summed E-state index contributed by atoms with van der Waals surface area (Å²) < 4.78 is 0. The Morgan fingerprint density at radius 2 is 1.96 bits per heavy atom. The molecule has 1 saturated carbocycles. The van der Waals surface area contributed by atoms with Gasteiger partial charge in [0.05, 0.1) is 12.1 Å². The smallest absolute Gasteiger partial charge is 0.228 e. The van der Waals surface area contributed by atoms with Crippen LogP contribution < -0.4 is 0 Å². The zero-order valence-electron chi connectivity index (χ0n) is 13.7. The van der Waals surface area contributed by atoms with Gasteiger partial charge in [0.25, 0.3) is 0 Å². The maximum atomic E-state index is 12.8. The second-order valence-electron chi connectivity index (χ2n) is 6.73. The monoisotopic (exact) mass is 342 g/mol. The van der Waals surface area contributed by atoms with E-state index >= 15 is 0 Å². The first-order valence-corrected chi connectivity index (χ1v) is 9.70. The van der Waals surface area contributed by atoms with E-state index in [2.05, 4.69) is 19.9 Å². The molecule has 0 bridgehead atoms. The number of likely N-dealkylation sites (tertiary alicyclic amines) is 1. The molecule has 0 radical (unpaired) electrons. The first kappa shape index (κ1) is 15.7. The van der Waals surface area contributed by atoms with Crippen molar-refractivity contribution in [3.8, 4) is 10.8 Å². The van der Waals surface area contributed by atoms with Crippen LogP contribution in [-0.4, -0.2) is 38.3 Å². The fraction of sp³-hybridized carbons (Fsp3) is 0.556. The van der Waals surface area contributed by atoms with Crippen molar-refractivity contribution in [2.45, 2.75) is 51.0 Å². The van der Waals surface area contributed by atoms with E-state index in [1.54, 1.807) is 18.5 Å². The van der Waals surface area contributed by atoms with Crippen LogP contribution in [0.3, 0.4) is 0 Å². The molecule has 1 atom stereocenters. The lowest BCUT2D eigenvalue weighted by Gasteiger charge is -2.29. The maximum Gasteiger partial charge on any atom is 0.228 e. The molecule has 3 heterocycles. The van der Waals surface area contributed by atoms with Gasteiger partial charge < -0.3 is 4.90 Å². The molecular weight excluding hydrogens is 320 g/mol. The van der Waals surface area contributed by atoms with Crippen molar-refractivity contribution in [2.75, 3.05) is 6.54 Å². The van der Waals surface area contributed by atoms with Gasteiger partial charge in [0.15, 0.2) is 10.8 Å². The summed E-state index contributed by atoms with van der Waals surface area (Å²) in [6, 6.07) is 2.26. The highest BCUT2D eigenvalue weighted by Gasteiger charge is 2.35. The second-order valence-corrected chi connectivity index (χ2v) is 7.59. The Morgan fingerprint density at radius 3 is 2.75 bits per heavy atom. The number of nitrogens with zero attached hydrogens (tertiary/aromatic N) is 4. The number of carbonyl (C=O) groups is 1. The van der Waals surface area contributed by atoms with Gasteiger partial charge in [0.1, 0.15) is 0 Å². The van der Waals surface area contributed by atoms with Crippen LogP contribution in [0.2, 0.25) is 0 Å². The lowest BCUT2D eigenvalue weighted by molar-refractivity contribution is -0.132. The molecule has 5 nitrogen and oxygen atoms in total. The van der Waals surface area contributed by atoms with Crippen molar-refractivity contribution in [3.05, 3.63) is 29.5 Å². The quantitative estimate of drug-likeness (QED) is 0.855. The minimum Gasteiger partial charge on any atom is -0.339 e. The third kappa shape index (κ3) is 3.20. The lowest BCUT2D eigenvalue weighted by Crippen LogP contribution is -2.40. The van der Waals surface area contributed by atoms with Crippen LogP contribution in [0, 0.1) is 5.92 Å². The number of hydrogen-bond donors (Lipinski definition) is 0. The zero-order valence-corrected chi connectivity index (χ0v) is 14.5. The molecule has 2 fully saturated rings. The van der Waals surface area contributed by atoms with Crippen molar-refractivity contribution in [1.82, 2.24) is 19.9 Å². The summed E-state index contributed by atoms with van der Waals surface area (Å²) in [6.45, 7) is 0.915. The lowest BCUT2D eigenvalue weighted by atomic mass is 9.96. The summed E-state index contributed by atoms with van der Waals surface area (Å²) in [4.78, 5) is 27.9. The molecule has 0 aromatic carbocycles. The molecule has 2 aromatic heterocycles. The maximum absolute atomic E-state index is 12.8. The molecule has 4 rings (SSSR count). The highest BCUT2D eigenvalue weighted by Crippen LogP contribution is 2.35. The van der Waals surface area contributed by atoms with Crippen molar-refractivity contribution in [3.63, 3.8) is 0 Å². The summed E-state index contributed by atoms with van der Waals surface area (Å²) in [6.07, 6.45) is 11.4. The Balaban J connectivity index is 1.43. The van der Waals surface area contributed by atoms with Crippen LogP contribution in [0.4, 0.5) is 0 Å². The first-order chi connectivity index (χ1) is 11.8. The third-order valence-corrected chi connectivity index (χ3v) is 6.09. The molecule has 1 amide bonds. The second kappa shape index (κ2) is 6.97. The topological polar surface area (TPSA) is 59.0 Å². The summed E-state index contributed by atoms with van der Waals surface area (Å²) in [7, 11) is 0. The van der Waals surface area contributed by atoms with Gasteiger partial charge in [0, 0.05) is 30.4 Å². The number of thiazole rings is 1. The Kier molecular flexibility index (Phi) is 4.56. The molecule has 1 saturated heterocycles. The third-order valence-electron chi connectivity index (χ3n) is 5.20. The van der Waals surface area contributed by atoms with Crippen LogP contribution in [0.5, 0.6) is 0 Å². The van der Waals surface area contributed by atoms with E-state index in [9.17, 15) is 4.79 Å². The average molecular weight is 342 g/mol. The van der Waals surface area contributed by atoms with Crippen molar-refractivity contribution in [2.24, 2.45) is 5.92 Å². The van der Waals surface area contributed by atoms with Gasteiger partial charge in [-0.3, -0.25) is 4.79 Å². The Hall–Kier alpha value is -1.82. The number of aromatic nitrogens is 3. The highest BCUT2D eigenvalue weighted by molar-refractivity contribution is 7.13. The predicted molar refractivity (Wildman–Crippen MR) is 93.5 cm³/mol. The first-order valence-electron chi connectivity index (χ1n) is 8.82. The number of carbonyl (C=O) groups excluding carboxylic acids is 1. The highest BCUT2D eigenvalue weighted by atomic mass is 32.1. The van der Waals surface area contributed by atoms with Gasteiger partial charge in [-0.1, -0.05) is 12.8 Å². The number of amides is 1. The van der Waals surface area contributed by atoms with E-state index in [4.69, 9.17) is 0 Å². The van der Waals surface area contributed by atoms with Crippen LogP contribution in [0.1, 0.15) is 44.2 Å². The van der Waals surface area contributed by atoms with Gasteiger partial charge in [-0.25, -0.2) is 15.0 Å². The predicted octanol–water partition coefficient (Wildman–Crippen LogP) is 3.32. The van der Waals surface area contributed by atoms with E-state index in [0.717, 1.165) is 29.6 Å². The van der Waals surface area contributed by atoms with Gasteiger partial charge in [-0.2, -0.15) is 0 Å². The number of hydrogen-bond acceptors (Lipinski definition) is 5. The van der Waals surface area contributed by atoms with Gasteiger partial charge >= 0.3 is 0 Å². The van der Waals surface area contributed by atoms with Crippen LogP contribution in [-0.2, 0) is 11.2 Å². The number of rotatable bonds is 4. The van der Waals surface area contributed by atoms with Crippen LogP contribution >= 0.6 is 11.3 Å². The fourth-order valence-corrected chi connectivity index (χ4v) is 4.86. The van der Waals surface area contributed by atoms with Crippen molar-refractivity contribution >= 4 is 17.2 Å². The van der Waals surface area contributed by atoms with Crippen molar-refractivity contribution < 1.29 is 4.79 Å². The average Bonchev–Trinajstić information content (AvgIpc) is 3.36. The molecule has 0 N–H and O–H groups in total. The molecule has 1 aliphatic heterocycles. The molecule has 0 spiro atoms. The standard InChI is InChI=1S/C18H22N4OS/c23-16(22-10-3-7-15(22)13-5-1-2-6-13)11-14-12-24-18(21-14)17-19-8-4-9-20-17/h4,8-9,12-13,15H,1-3,5-7,10-11H2. The molecule has 2 aliphatic rings. The minimum atomic E-state index is 0.232. The molecular formula is C18H22N4OS. The summed E-state index contributed by atoms with van der Waals surface area (Å²) in [5.74, 6) is 1.58. The largest absolute Gasteiger partial charge is 0.339 e. The Labute approximate surface area is 146 Å². The van der Waals surface area contributed by atoms with E-state index in [-0.39, 0.29) is 5.91 Å². The summed E-state index contributed by atoms with van der Waals surface area (Å²) in [5.41, 5.74) is 0.838.